The van der Waals surface area contributed by atoms with Gasteiger partial charge in [0.2, 0.25) is 0 Å². The van der Waals surface area contributed by atoms with Crippen molar-refractivity contribution < 1.29 is 0 Å². The molecule has 0 radical (unpaired) electrons. The van der Waals surface area contributed by atoms with E-state index in [-0.39, 0.29) is 0 Å². The van der Waals surface area contributed by atoms with Crippen LogP contribution in [0.25, 0.3) is 0 Å². The third-order valence-electron chi connectivity index (χ3n) is 2.67. The highest BCUT2D eigenvalue weighted by atomic mass is 79.9. The van der Waals surface area contributed by atoms with Crippen LogP contribution in [0.2, 0.25) is 0 Å². The summed E-state index contributed by atoms with van der Waals surface area (Å²) in [7, 11) is 4.18. The summed E-state index contributed by atoms with van der Waals surface area (Å²) in [6, 6.07) is 2.49. The maximum absolute atomic E-state index is 4.43. The van der Waals surface area contributed by atoms with Crippen molar-refractivity contribution in [2.24, 2.45) is 5.92 Å². The van der Waals surface area contributed by atoms with Gasteiger partial charge in [0.05, 0.1) is 4.47 Å². The molecule has 0 saturated heterocycles. The molecule has 1 aromatic heterocycles. The third-order valence-corrected chi connectivity index (χ3v) is 3.27. The Morgan fingerprint density at radius 1 is 1.41 bits per heavy atom. The van der Waals surface area contributed by atoms with Crippen LogP contribution in [0.4, 0.5) is 5.82 Å². The summed E-state index contributed by atoms with van der Waals surface area (Å²) in [5, 5.41) is 3.51. The molecule has 96 valence electrons. The van der Waals surface area contributed by atoms with E-state index in [0.29, 0.717) is 12.0 Å². The van der Waals surface area contributed by atoms with Gasteiger partial charge in [-0.05, 0) is 54.5 Å². The van der Waals surface area contributed by atoms with E-state index in [0.717, 1.165) is 22.4 Å². The average Bonchev–Trinajstić information content (AvgIpc) is 2.19. The normalized spacial score (nSPS) is 13.2. The van der Waals surface area contributed by atoms with Crippen molar-refractivity contribution in [3.05, 3.63) is 22.3 Å². The van der Waals surface area contributed by atoms with Crippen LogP contribution >= 0.6 is 15.9 Å². The highest BCUT2D eigenvalue weighted by Crippen LogP contribution is 2.22. The predicted octanol–water partition coefficient (Wildman–Crippen LogP) is 3.15. The van der Waals surface area contributed by atoms with E-state index < -0.39 is 0 Å². The number of anilines is 1. The Morgan fingerprint density at radius 2 is 2.06 bits per heavy atom. The van der Waals surface area contributed by atoms with Crippen molar-refractivity contribution in [1.29, 1.82) is 0 Å². The Morgan fingerprint density at radius 3 is 2.53 bits per heavy atom. The third kappa shape index (κ3) is 4.64. The minimum absolute atomic E-state index is 0.400. The zero-order valence-electron chi connectivity index (χ0n) is 11.3. The maximum atomic E-state index is 4.43. The molecule has 1 aromatic rings. The Labute approximate surface area is 113 Å². The lowest BCUT2D eigenvalue weighted by atomic mass is 10.0. The molecule has 0 aliphatic rings. The van der Waals surface area contributed by atoms with Crippen molar-refractivity contribution in [2.45, 2.75) is 26.8 Å². The van der Waals surface area contributed by atoms with E-state index in [1.54, 1.807) is 0 Å². The highest BCUT2D eigenvalue weighted by molar-refractivity contribution is 9.10. The number of rotatable bonds is 5. The first-order valence-electron chi connectivity index (χ1n) is 5.93. The SMILES string of the molecule is Cc1cnc(NC(CN(C)C)C(C)C)c(Br)c1. The molecule has 0 aliphatic heterocycles. The first-order chi connectivity index (χ1) is 7.90. The van der Waals surface area contributed by atoms with Crippen molar-refractivity contribution in [1.82, 2.24) is 9.88 Å². The average molecular weight is 300 g/mol. The molecule has 17 heavy (non-hydrogen) atoms. The first-order valence-corrected chi connectivity index (χ1v) is 6.73. The van der Waals surface area contributed by atoms with Gasteiger partial charge in [-0.25, -0.2) is 4.98 Å². The van der Waals surface area contributed by atoms with Crippen LogP contribution in [0.3, 0.4) is 0 Å². The standard InChI is InChI=1S/C13H22BrN3/c1-9(2)12(8-17(4)5)16-13-11(14)6-10(3)7-15-13/h6-7,9,12H,8H2,1-5H3,(H,15,16). The van der Waals surface area contributed by atoms with Gasteiger partial charge in [-0.15, -0.1) is 0 Å². The summed E-state index contributed by atoms with van der Waals surface area (Å²) in [6.07, 6.45) is 1.89. The van der Waals surface area contributed by atoms with Crippen LogP contribution in [0.15, 0.2) is 16.7 Å². The molecule has 0 saturated carbocycles. The fourth-order valence-electron chi connectivity index (χ4n) is 1.63. The van der Waals surface area contributed by atoms with E-state index in [9.17, 15) is 0 Å². The molecule has 1 N–H and O–H groups in total. The van der Waals surface area contributed by atoms with Crippen LogP contribution in [0, 0.1) is 12.8 Å². The fourth-order valence-corrected chi connectivity index (χ4v) is 2.21. The number of pyridine rings is 1. The van der Waals surface area contributed by atoms with E-state index >= 15 is 0 Å². The van der Waals surface area contributed by atoms with E-state index in [1.165, 1.54) is 0 Å². The van der Waals surface area contributed by atoms with Crippen molar-refractivity contribution in [3.8, 4) is 0 Å². The lowest BCUT2D eigenvalue weighted by Gasteiger charge is -2.26. The molecule has 0 spiro atoms. The molecule has 0 amide bonds. The fraction of sp³-hybridized carbons (Fsp3) is 0.615. The number of aryl methyl sites for hydroxylation is 1. The summed E-state index contributed by atoms with van der Waals surface area (Å²) >= 11 is 3.55. The summed E-state index contributed by atoms with van der Waals surface area (Å²) in [5.41, 5.74) is 1.16. The van der Waals surface area contributed by atoms with Gasteiger partial charge in [0.15, 0.2) is 0 Å². The molecule has 0 fully saturated rings. The van der Waals surface area contributed by atoms with Gasteiger partial charge in [0.25, 0.3) is 0 Å². The number of hydrogen-bond donors (Lipinski definition) is 1. The summed E-state index contributed by atoms with van der Waals surface area (Å²) < 4.78 is 1.03. The quantitative estimate of drug-likeness (QED) is 0.905. The van der Waals surface area contributed by atoms with Crippen LogP contribution in [0.1, 0.15) is 19.4 Å². The summed E-state index contributed by atoms with van der Waals surface area (Å²) in [6.45, 7) is 7.49. The number of nitrogens with zero attached hydrogens (tertiary/aromatic N) is 2. The van der Waals surface area contributed by atoms with Gasteiger partial charge in [-0.1, -0.05) is 13.8 Å². The summed E-state index contributed by atoms with van der Waals surface area (Å²) in [4.78, 5) is 6.63. The van der Waals surface area contributed by atoms with Crippen molar-refractivity contribution >= 4 is 21.7 Å². The minimum Gasteiger partial charge on any atom is -0.365 e. The van der Waals surface area contributed by atoms with Crippen molar-refractivity contribution in [2.75, 3.05) is 26.0 Å². The van der Waals surface area contributed by atoms with Crippen LogP contribution < -0.4 is 5.32 Å². The zero-order valence-corrected chi connectivity index (χ0v) is 12.9. The second-order valence-electron chi connectivity index (χ2n) is 5.10. The van der Waals surface area contributed by atoms with Gasteiger partial charge in [0, 0.05) is 18.8 Å². The van der Waals surface area contributed by atoms with E-state index in [2.05, 4.69) is 65.1 Å². The van der Waals surface area contributed by atoms with Crippen LogP contribution in [-0.2, 0) is 0 Å². The highest BCUT2D eigenvalue weighted by Gasteiger charge is 2.15. The Kier molecular flexibility index (Phi) is 5.40. The molecule has 0 aliphatic carbocycles. The molecular formula is C13H22BrN3. The predicted molar refractivity (Wildman–Crippen MR) is 77.5 cm³/mol. The lowest BCUT2D eigenvalue weighted by Crippen LogP contribution is -2.36. The molecule has 1 heterocycles. The number of likely N-dealkylation sites (N-methyl/N-ethyl adjacent to an activating group) is 1. The Bertz CT molecular complexity index is 364. The molecule has 0 aromatic carbocycles. The Balaban J connectivity index is 2.78. The van der Waals surface area contributed by atoms with Crippen molar-refractivity contribution in [3.63, 3.8) is 0 Å². The van der Waals surface area contributed by atoms with E-state index in [1.807, 2.05) is 13.1 Å². The van der Waals surface area contributed by atoms with E-state index in [4.69, 9.17) is 0 Å². The van der Waals surface area contributed by atoms with Gasteiger partial charge in [-0.3, -0.25) is 0 Å². The zero-order chi connectivity index (χ0) is 13.0. The summed E-state index contributed by atoms with van der Waals surface area (Å²) in [5.74, 6) is 1.49. The van der Waals surface area contributed by atoms with Gasteiger partial charge in [-0.2, -0.15) is 0 Å². The number of aromatic nitrogens is 1. The van der Waals surface area contributed by atoms with Crippen LogP contribution in [0.5, 0.6) is 0 Å². The maximum Gasteiger partial charge on any atom is 0.140 e. The second kappa shape index (κ2) is 6.36. The largest absolute Gasteiger partial charge is 0.365 e. The lowest BCUT2D eigenvalue weighted by molar-refractivity contribution is 0.344. The second-order valence-corrected chi connectivity index (χ2v) is 5.95. The topological polar surface area (TPSA) is 28.2 Å². The molecule has 1 unspecified atom stereocenters. The first kappa shape index (κ1) is 14.5. The Hall–Kier alpha value is -0.610. The molecule has 0 bridgehead atoms. The van der Waals surface area contributed by atoms with Crippen LogP contribution in [-0.4, -0.2) is 36.6 Å². The number of hydrogen-bond acceptors (Lipinski definition) is 3. The molecule has 3 nitrogen and oxygen atoms in total. The van der Waals surface area contributed by atoms with Gasteiger partial charge < -0.3 is 10.2 Å². The van der Waals surface area contributed by atoms with Gasteiger partial charge in [0.1, 0.15) is 5.82 Å². The molecule has 1 atom stereocenters. The minimum atomic E-state index is 0.400. The van der Waals surface area contributed by atoms with Gasteiger partial charge >= 0.3 is 0 Å². The monoisotopic (exact) mass is 299 g/mol. The molecule has 1 rings (SSSR count). The molecule has 4 heteroatoms. The smallest absolute Gasteiger partial charge is 0.140 e. The molecular weight excluding hydrogens is 278 g/mol. The number of halogens is 1. The number of nitrogens with one attached hydrogen (secondary N) is 1.